The first-order valence-corrected chi connectivity index (χ1v) is 11.7. The van der Waals surface area contributed by atoms with Crippen molar-refractivity contribution in [3.05, 3.63) is 94.8 Å². The van der Waals surface area contributed by atoms with E-state index in [1.807, 2.05) is 60.7 Å². The lowest BCUT2D eigenvalue weighted by Crippen LogP contribution is -2.39. The largest absolute Gasteiger partial charge is 0.493 e. The Morgan fingerprint density at radius 2 is 1.71 bits per heavy atom. The Bertz CT molecular complexity index is 1320. The molecule has 1 aliphatic heterocycles. The van der Waals surface area contributed by atoms with Gasteiger partial charge in [-0.1, -0.05) is 30.3 Å². The Labute approximate surface area is 203 Å². The summed E-state index contributed by atoms with van der Waals surface area (Å²) in [5.74, 6) is 2.86. The second-order valence-corrected chi connectivity index (χ2v) is 8.29. The van der Waals surface area contributed by atoms with Crippen molar-refractivity contribution in [2.45, 2.75) is 19.1 Å². The van der Waals surface area contributed by atoms with Gasteiger partial charge >= 0.3 is 5.63 Å². The predicted octanol–water partition coefficient (Wildman–Crippen LogP) is 4.57. The highest BCUT2D eigenvalue weighted by Crippen LogP contribution is 2.35. The first-order valence-electron chi connectivity index (χ1n) is 11.7. The fourth-order valence-electron chi connectivity index (χ4n) is 3.81. The minimum atomic E-state index is -0.368. The molecule has 0 spiro atoms. The number of nitrogens with one attached hydrogen (secondary N) is 1. The first kappa shape index (κ1) is 22.8. The Morgan fingerprint density at radius 3 is 2.63 bits per heavy atom. The number of hydrogen-bond donors (Lipinski definition) is 1. The lowest BCUT2D eigenvalue weighted by Gasteiger charge is -2.27. The molecule has 3 aromatic carbocycles. The van der Waals surface area contributed by atoms with E-state index < -0.39 is 0 Å². The standard InChI is InChI=1S/C28H27NO6/c30-28-12-8-21-7-9-22(15-26(21)35-28)31-14-4-13-29-17-24-19-33-27-16-23(10-11-25(27)34-24)32-18-20-5-2-1-3-6-20/h1-3,5-12,15-16,24,29H,4,13-14,17-19H2. The van der Waals surface area contributed by atoms with E-state index in [9.17, 15) is 4.79 Å². The van der Waals surface area contributed by atoms with Gasteiger partial charge in [0.25, 0.3) is 0 Å². The molecule has 0 amide bonds. The molecular weight excluding hydrogens is 446 g/mol. The molecule has 0 saturated carbocycles. The van der Waals surface area contributed by atoms with E-state index in [-0.39, 0.29) is 11.7 Å². The van der Waals surface area contributed by atoms with Crippen LogP contribution in [0.25, 0.3) is 11.0 Å². The van der Waals surface area contributed by atoms with Gasteiger partial charge < -0.3 is 28.7 Å². The molecule has 0 saturated heterocycles. The van der Waals surface area contributed by atoms with Gasteiger partial charge in [0, 0.05) is 30.1 Å². The highest BCUT2D eigenvalue weighted by Gasteiger charge is 2.21. The Hall–Kier alpha value is -3.97. The Balaban J connectivity index is 1.02. The average Bonchev–Trinajstić information content (AvgIpc) is 2.89. The molecule has 0 bridgehead atoms. The van der Waals surface area contributed by atoms with E-state index in [1.54, 1.807) is 12.1 Å². The first-order chi connectivity index (χ1) is 17.2. The Morgan fingerprint density at radius 1 is 0.886 bits per heavy atom. The molecule has 1 N–H and O–H groups in total. The number of benzene rings is 3. The highest BCUT2D eigenvalue weighted by molar-refractivity contribution is 5.77. The van der Waals surface area contributed by atoms with E-state index in [1.165, 1.54) is 6.07 Å². The fraction of sp³-hybridized carbons (Fsp3) is 0.250. The number of rotatable bonds is 10. The molecule has 35 heavy (non-hydrogen) atoms. The summed E-state index contributed by atoms with van der Waals surface area (Å²) in [5, 5.41) is 4.26. The second-order valence-electron chi connectivity index (χ2n) is 8.29. The molecule has 7 heteroatoms. The molecule has 7 nitrogen and oxygen atoms in total. The molecule has 0 radical (unpaired) electrons. The van der Waals surface area contributed by atoms with Crippen molar-refractivity contribution in [3.63, 3.8) is 0 Å². The summed E-state index contributed by atoms with van der Waals surface area (Å²) in [7, 11) is 0. The molecule has 4 aromatic rings. The van der Waals surface area contributed by atoms with Crippen LogP contribution in [0.3, 0.4) is 0 Å². The lowest BCUT2D eigenvalue weighted by atomic mass is 10.2. The van der Waals surface area contributed by atoms with Gasteiger partial charge in [0.2, 0.25) is 0 Å². The summed E-state index contributed by atoms with van der Waals surface area (Å²) in [6.07, 6.45) is 0.756. The van der Waals surface area contributed by atoms with Crippen molar-refractivity contribution in [1.29, 1.82) is 0 Å². The normalized spacial score (nSPS) is 14.6. The molecule has 1 aliphatic rings. The summed E-state index contributed by atoms with van der Waals surface area (Å²) >= 11 is 0. The molecule has 1 unspecified atom stereocenters. The van der Waals surface area contributed by atoms with E-state index >= 15 is 0 Å². The predicted molar refractivity (Wildman–Crippen MR) is 133 cm³/mol. The topological polar surface area (TPSA) is 79.2 Å². The molecule has 2 heterocycles. The van der Waals surface area contributed by atoms with Crippen LogP contribution in [0.1, 0.15) is 12.0 Å². The van der Waals surface area contributed by atoms with Crippen molar-refractivity contribution >= 4 is 11.0 Å². The van der Waals surface area contributed by atoms with Crippen molar-refractivity contribution in [1.82, 2.24) is 5.32 Å². The fourth-order valence-corrected chi connectivity index (χ4v) is 3.81. The van der Waals surface area contributed by atoms with Crippen LogP contribution in [0.15, 0.2) is 88.1 Å². The van der Waals surface area contributed by atoms with Gasteiger partial charge in [0.15, 0.2) is 11.5 Å². The second kappa shape index (κ2) is 11.0. The summed E-state index contributed by atoms with van der Waals surface area (Å²) in [6, 6.07) is 24.4. The third-order valence-electron chi connectivity index (χ3n) is 5.62. The maximum atomic E-state index is 11.4. The van der Waals surface area contributed by atoms with Gasteiger partial charge in [-0.25, -0.2) is 4.79 Å². The van der Waals surface area contributed by atoms with Crippen LogP contribution in [0.2, 0.25) is 0 Å². The number of hydrogen-bond acceptors (Lipinski definition) is 7. The van der Waals surface area contributed by atoms with Crippen LogP contribution in [-0.4, -0.2) is 32.4 Å². The summed E-state index contributed by atoms with van der Waals surface area (Å²) < 4.78 is 28.8. The van der Waals surface area contributed by atoms with Crippen molar-refractivity contribution in [3.8, 4) is 23.0 Å². The molecular formula is C28H27NO6. The minimum absolute atomic E-state index is 0.0668. The average molecular weight is 474 g/mol. The van der Waals surface area contributed by atoms with Crippen molar-refractivity contribution < 1.29 is 23.4 Å². The zero-order valence-electron chi connectivity index (χ0n) is 19.3. The number of fused-ring (bicyclic) bond motifs is 2. The summed E-state index contributed by atoms with van der Waals surface area (Å²) in [4.78, 5) is 11.4. The zero-order chi connectivity index (χ0) is 23.9. The van der Waals surface area contributed by atoms with Crippen LogP contribution in [0, 0.1) is 0 Å². The molecule has 0 aliphatic carbocycles. The van der Waals surface area contributed by atoms with Crippen LogP contribution >= 0.6 is 0 Å². The molecule has 1 atom stereocenters. The van der Waals surface area contributed by atoms with Crippen molar-refractivity contribution in [2.75, 3.05) is 26.3 Å². The van der Waals surface area contributed by atoms with Crippen LogP contribution in [0.5, 0.6) is 23.0 Å². The van der Waals surface area contributed by atoms with Gasteiger partial charge in [-0.3, -0.25) is 0 Å². The van der Waals surface area contributed by atoms with Crippen LogP contribution in [-0.2, 0) is 6.61 Å². The molecule has 0 fully saturated rings. The summed E-state index contributed by atoms with van der Waals surface area (Å²) in [5.41, 5.74) is 1.27. The van der Waals surface area contributed by atoms with Gasteiger partial charge in [0.1, 0.15) is 36.4 Å². The van der Waals surface area contributed by atoms with Crippen LogP contribution in [0.4, 0.5) is 0 Å². The van der Waals surface area contributed by atoms with E-state index in [2.05, 4.69) is 5.32 Å². The maximum absolute atomic E-state index is 11.4. The minimum Gasteiger partial charge on any atom is -0.493 e. The van der Waals surface area contributed by atoms with Crippen LogP contribution < -0.4 is 29.9 Å². The zero-order valence-corrected chi connectivity index (χ0v) is 19.3. The Kier molecular flexibility index (Phi) is 7.15. The van der Waals surface area contributed by atoms with E-state index in [0.29, 0.717) is 43.4 Å². The van der Waals surface area contributed by atoms with Gasteiger partial charge in [0.05, 0.1) is 6.61 Å². The smallest absolute Gasteiger partial charge is 0.336 e. The SMILES string of the molecule is O=c1ccc2ccc(OCCCNCC3COc4cc(OCc5ccccc5)ccc4O3)cc2o1. The highest BCUT2D eigenvalue weighted by atomic mass is 16.6. The quantitative estimate of drug-likeness (QED) is 0.267. The third kappa shape index (κ3) is 6.13. The maximum Gasteiger partial charge on any atom is 0.336 e. The van der Waals surface area contributed by atoms with Gasteiger partial charge in [-0.15, -0.1) is 0 Å². The molecule has 1 aromatic heterocycles. The lowest BCUT2D eigenvalue weighted by molar-refractivity contribution is 0.0897. The van der Waals surface area contributed by atoms with E-state index in [4.69, 9.17) is 23.4 Å². The van der Waals surface area contributed by atoms with E-state index in [0.717, 1.165) is 35.4 Å². The monoisotopic (exact) mass is 473 g/mol. The summed E-state index contributed by atoms with van der Waals surface area (Å²) in [6.45, 7) is 2.98. The molecule has 180 valence electrons. The molecule has 5 rings (SSSR count). The third-order valence-corrected chi connectivity index (χ3v) is 5.62. The van der Waals surface area contributed by atoms with Gasteiger partial charge in [-0.2, -0.15) is 0 Å². The van der Waals surface area contributed by atoms with Crippen molar-refractivity contribution in [2.24, 2.45) is 0 Å². The number of ether oxygens (including phenoxy) is 4. The van der Waals surface area contributed by atoms with Gasteiger partial charge in [-0.05, 0) is 48.9 Å².